The van der Waals surface area contributed by atoms with Gasteiger partial charge >= 0.3 is 11.9 Å². The van der Waals surface area contributed by atoms with Crippen molar-refractivity contribution in [2.24, 2.45) is 0 Å². The molecule has 0 N–H and O–H groups in total. The van der Waals surface area contributed by atoms with Gasteiger partial charge in [0.05, 0.1) is 6.61 Å². The maximum absolute atomic E-state index is 12.8. The van der Waals surface area contributed by atoms with Gasteiger partial charge in [-0.25, -0.2) is 0 Å². The Morgan fingerprint density at radius 2 is 0.591 bits per heavy atom. The van der Waals surface area contributed by atoms with Crippen LogP contribution in [0, 0.1) is 0 Å². The van der Waals surface area contributed by atoms with Gasteiger partial charge in [0.1, 0.15) is 6.61 Å². The molecular weight excluding hydrogens is 813 g/mol. The quantitative estimate of drug-likeness (QED) is 0.0345. The highest BCUT2D eigenvalue weighted by atomic mass is 16.6. The van der Waals surface area contributed by atoms with Gasteiger partial charge < -0.3 is 14.2 Å². The fraction of sp³-hybridized carbons (Fsp3) is 0.934. The molecule has 0 bridgehead atoms. The molecule has 0 heterocycles. The first-order valence-electron chi connectivity index (χ1n) is 30.2. The van der Waals surface area contributed by atoms with Crippen molar-refractivity contribution in [1.82, 2.24) is 0 Å². The lowest BCUT2D eigenvalue weighted by molar-refractivity contribution is -0.163. The lowest BCUT2D eigenvalue weighted by atomic mass is 10.0. The average molecular weight is 932 g/mol. The van der Waals surface area contributed by atoms with Crippen LogP contribution in [0.2, 0.25) is 0 Å². The molecule has 0 aromatic rings. The molecule has 0 radical (unpaired) electrons. The van der Waals surface area contributed by atoms with Gasteiger partial charge in [0.25, 0.3) is 0 Å². The molecule has 1 unspecified atom stereocenters. The van der Waals surface area contributed by atoms with Crippen molar-refractivity contribution in [1.29, 1.82) is 0 Å². The zero-order valence-electron chi connectivity index (χ0n) is 45.2. The molecule has 5 nitrogen and oxygen atoms in total. The highest BCUT2D eigenvalue weighted by molar-refractivity contribution is 5.70. The maximum atomic E-state index is 12.8. The van der Waals surface area contributed by atoms with E-state index in [4.69, 9.17) is 14.2 Å². The first-order chi connectivity index (χ1) is 32.6. The number of esters is 2. The molecule has 0 aliphatic heterocycles. The standard InChI is InChI=1S/C61H118O5/c1-4-7-10-13-16-19-22-25-27-29-31-32-34-37-39-42-45-48-51-54-60(62)65-58-59(66-61(63)55-52-49-46-43-40-36-24-21-18-15-12-9-6-3)57-64-56-53-50-47-44-41-38-35-33-30-28-26-23-20-17-14-11-8-5-2/h26,28,59H,4-25,27,29-58H2,1-3H3/b28-26-. The molecule has 0 saturated heterocycles. The Hall–Kier alpha value is -1.36. The fourth-order valence-corrected chi connectivity index (χ4v) is 9.27. The topological polar surface area (TPSA) is 61.8 Å². The highest BCUT2D eigenvalue weighted by Gasteiger charge is 2.18. The Labute approximate surface area is 414 Å². The highest BCUT2D eigenvalue weighted by Crippen LogP contribution is 2.17. The van der Waals surface area contributed by atoms with E-state index < -0.39 is 6.10 Å². The normalized spacial score (nSPS) is 12.1. The van der Waals surface area contributed by atoms with Gasteiger partial charge in [0.2, 0.25) is 0 Å². The van der Waals surface area contributed by atoms with Crippen LogP contribution in [-0.2, 0) is 23.8 Å². The second-order valence-corrected chi connectivity index (χ2v) is 20.6. The minimum atomic E-state index is -0.529. The monoisotopic (exact) mass is 931 g/mol. The van der Waals surface area contributed by atoms with Crippen LogP contribution in [0.25, 0.3) is 0 Å². The van der Waals surface area contributed by atoms with Gasteiger partial charge in [0, 0.05) is 19.4 Å². The second kappa shape index (κ2) is 58.0. The number of carbonyl (C=O) groups excluding carboxylic acids is 2. The molecule has 0 spiro atoms. The predicted molar refractivity (Wildman–Crippen MR) is 289 cm³/mol. The smallest absolute Gasteiger partial charge is 0.306 e. The van der Waals surface area contributed by atoms with E-state index in [2.05, 4.69) is 32.9 Å². The van der Waals surface area contributed by atoms with Crippen LogP contribution >= 0.6 is 0 Å². The van der Waals surface area contributed by atoms with Gasteiger partial charge in [-0.2, -0.15) is 0 Å². The number of hydrogen-bond acceptors (Lipinski definition) is 5. The summed E-state index contributed by atoms with van der Waals surface area (Å²) in [5.74, 6) is -0.370. The van der Waals surface area contributed by atoms with Crippen molar-refractivity contribution in [3.05, 3.63) is 12.2 Å². The average Bonchev–Trinajstić information content (AvgIpc) is 3.32. The summed E-state index contributed by atoms with van der Waals surface area (Å²) in [4.78, 5) is 25.5. The molecule has 0 aliphatic rings. The van der Waals surface area contributed by atoms with Crippen LogP contribution in [0.5, 0.6) is 0 Å². The van der Waals surface area contributed by atoms with Crippen molar-refractivity contribution in [2.75, 3.05) is 19.8 Å². The SMILES string of the molecule is CCCCCCCC/C=C\CCCCCCCCCCOCC(COC(=O)CCCCCCCCCCCCCCCCCCCCC)OC(=O)CCCCCCCCCCCCCCC. The Morgan fingerprint density at radius 3 is 0.924 bits per heavy atom. The van der Waals surface area contributed by atoms with Crippen molar-refractivity contribution in [3.8, 4) is 0 Å². The number of unbranched alkanes of at least 4 members (excludes halogenated alkanes) is 44. The van der Waals surface area contributed by atoms with E-state index in [9.17, 15) is 9.59 Å². The van der Waals surface area contributed by atoms with Crippen molar-refractivity contribution < 1.29 is 23.8 Å². The number of allylic oxidation sites excluding steroid dienone is 2. The molecular formula is C61H118O5. The summed E-state index contributed by atoms with van der Waals surface area (Å²) < 4.78 is 17.5. The lowest BCUT2D eigenvalue weighted by Crippen LogP contribution is -2.30. The van der Waals surface area contributed by atoms with E-state index in [-0.39, 0.29) is 18.5 Å². The van der Waals surface area contributed by atoms with Crippen LogP contribution in [0.15, 0.2) is 12.2 Å². The molecule has 5 heteroatoms. The Kier molecular flexibility index (Phi) is 56.8. The number of ether oxygens (including phenoxy) is 3. The van der Waals surface area contributed by atoms with E-state index in [1.807, 2.05) is 0 Å². The molecule has 0 aromatic heterocycles. The fourth-order valence-electron chi connectivity index (χ4n) is 9.27. The van der Waals surface area contributed by atoms with Gasteiger partial charge in [0.15, 0.2) is 6.10 Å². The van der Waals surface area contributed by atoms with E-state index in [0.717, 1.165) is 32.1 Å². The molecule has 392 valence electrons. The lowest BCUT2D eigenvalue weighted by Gasteiger charge is -2.18. The summed E-state index contributed by atoms with van der Waals surface area (Å²) >= 11 is 0. The number of hydrogen-bond donors (Lipinski definition) is 0. The Bertz CT molecular complexity index is 963. The van der Waals surface area contributed by atoms with Crippen molar-refractivity contribution >= 4 is 11.9 Å². The summed E-state index contributed by atoms with van der Waals surface area (Å²) in [5, 5.41) is 0. The van der Waals surface area contributed by atoms with Gasteiger partial charge in [-0.3, -0.25) is 9.59 Å². The number of rotatable bonds is 57. The minimum Gasteiger partial charge on any atom is -0.462 e. The van der Waals surface area contributed by atoms with Crippen molar-refractivity contribution in [2.45, 2.75) is 348 Å². The second-order valence-electron chi connectivity index (χ2n) is 20.6. The maximum Gasteiger partial charge on any atom is 0.306 e. The molecule has 0 aliphatic carbocycles. The Morgan fingerprint density at radius 1 is 0.318 bits per heavy atom. The molecule has 0 fully saturated rings. The van der Waals surface area contributed by atoms with Gasteiger partial charge in [-0.05, 0) is 44.9 Å². The summed E-state index contributed by atoms with van der Waals surface area (Å²) in [6.45, 7) is 7.90. The van der Waals surface area contributed by atoms with Crippen LogP contribution in [0.3, 0.4) is 0 Å². The third kappa shape index (κ3) is 55.2. The zero-order valence-corrected chi connectivity index (χ0v) is 45.2. The first kappa shape index (κ1) is 64.6. The van der Waals surface area contributed by atoms with E-state index in [1.54, 1.807) is 0 Å². The van der Waals surface area contributed by atoms with Crippen LogP contribution in [0.4, 0.5) is 0 Å². The third-order valence-electron chi connectivity index (χ3n) is 13.8. The van der Waals surface area contributed by atoms with Crippen molar-refractivity contribution in [3.63, 3.8) is 0 Å². The van der Waals surface area contributed by atoms with E-state index in [1.165, 1.54) is 276 Å². The third-order valence-corrected chi connectivity index (χ3v) is 13.8. The predicted octanol–water partition coefficient (Wildman–Crippen LogP) is 20.6. The van der Waals surface area contributed by atoms with E-state index >= 15 is 0 Å². The van der Waals surface area contributed by atoms with Crippen LogP contribution in [0.1, 0.15) is 342 Å². The van der Waals surface area contributed by atoms with Crippen LogP contribution in [-0.4, -0.2) is 37.9 Å². The van der Waals surface area contributed by atoms with Gasteiger partial charge in [-0.1, -0.05) is 296 Å². The zero-order chi connectivity index (χ0) is 47.7. The van der Waals surface area contributed by atoms with Gasteiger partial charge in [-0.15, -0.1) is 0 Å². The Balaban J connectivity index is 4.17. The molecule has 66 heavy (non-hydrogen) atoms. The number of carbonyl (C=O) groups is 2. The molecule has 0 rings (SSSR count). The largest absolute Gasteiger partial charge is 0.462 e. The summed E-state index contributed by atoms with van der Waals surface area (Å²) in [7, 11) is 0. The summed E-state index contributed by atoms with van der Waals surface area (Å²) in [5.41, 5.74) is 0. The molecule has 0 aromatic carbocycles. The van der Waals surface area contributed by atoms with Crippen LogP contribution < -0.4 is 0 Å². The molecule has 0 amide bonds. The first-order valence-corrected chi connectivity index (χ1v) is 30.2. The minimum absolute atomic E-state index is 0.0945. The summed E-state index contributed by atoms with van der Waals surface area (Å²) in [6.07, 6.45) is 68.1. The summed E-state index contributed by atoms with van der Waals surface area (Å²) in [6, 6.07) is 0. The van der Waals surface area contributed by atoms with E-state index in [0.29, 0.717) is 26.1 Å². The molecule has 1 atom stereocenters. The molecule has 0 saturated carbocycles.